The largest absolute Gasteiger partial charge is 0.0628 e. The first-order valence-corrected chi connectivity index (χ1v) is 12.2. The molecule has 0 aromatic heterocycles. The zero-order valence-corrected chi connectivity index (χ0v) is 19.9. The minimum absolute atomic E-state index is 0.869. The Bertz CT molecular complexity index is 232. The third-order valence-corrected chi connectivity index (χ3v) is 6.08. The molecule has 0 aromatic carbocycles. The lowest BCUT2D eigenvalue weighted by Crippen LogP contribution is -2.07. The molecule has 0 spiro atoms. The van der Waals surface area contributed by atoms with Crippen LogP contribution >= 0.6 is 0 Å². The first-order chi connectivity index (χ1) is 12.2. The van der Waals surface area contributed by atoms with Crippen molar-refractivity contribution in [1.29, 1.82) is 0 Å². The Morgan fingerprint density at radius 2 is 0.538 bits per heavy atom. The van der Waals surface area contributed by atoms with Gasteiger partial charge in [-0.05, 0) is 35.5 Å². The van der Waals surface area contributed by atoms with Gasteiger partial charge in [0.25, 0.3) is 0 Å². The fourth-order valence-electron chi connectivity index (χ4n) is 4.01. The summed E-state index contributed by atoms with van der Waals surface area (Å²) >= 11 is 0. The van der Waals surface area contributed by atoms with Crippen LogP contribution in [0.1, 0.15) is 132 Å². The molecule has 0 aromatic rings. The molecule has 0 heterocycles. The highest BCUT2D eigenvalue weighted by Crippen LogP contribution is 2.28. The van der Waals surface area contributed by atoms with Crippen molar-refractivity contribution in [3.8, 4) is 0 Å². The molecule has 0 bridgehead atoms. The maximum absolute atomic E-state index is 2.38. The van der Waals surface area contributed by atoms with Gasteiger partial charge in [-0.3, -0.25) is 0 Å². The van der Waals surface area contributed by atoms with E-state index in [4.69, 9.17) is 0 Å². The highest BCUT2D eigenvalue weighted by atomic mass is 14.2. The van der Waals surface area contributed by atoms with Gasteiger partial charge in [0.1, 0.15) is 0 Å². The van der Waals surface area contributed by atoms with Crippen molar-refractivity contribution in [3.63, 3.8) is 0 Å². The number of unbranched alkanes of at least 4 members (excludes halogenated alkanes) is 1. The van der Waals surface area contributed by atoms with Crippen LogP contribution in [0, 0.1) is 35.5 Å². The van der Waals surface area contributed by atoms with E-state index in [2.05, 4.69) is 55.4 Å². The van der Waals surface area contributed by atoms with E-state index in [0.717, 1.165) is 35.5 Å². The molecular weight excluding hydrogens is 312 g/mol. The molecule has 0 nitrogen and oxygen atoms in total. The van der Waals surface area contributed by atoms with E-state index in [0.29, 0.717) is 0 Å². The van der Waals surface area contributed by atoms with E-state index in [-0.39, 0.29) is 0 Å². The van der Waals surface area contributed by atoms with Crippen LogP contribution in [0.5, 0.6) is 0 Å². The van der Waals surface area contributed by atoms with Crippen LogP contribution in [0.15, 0.2) is 0 Å². The Kier molecular flexibility index (Phi) is 16.0. The van der Waals surface area contributed by atoms with Crippen molar-refractivity contribution in [2.45, 2.75) is 132 Å². The van der Waals surface area contributed by atoms with Gasteiger partial charge in [-0.1, -0.05) is 132 Å². The molecule has 0 heteroatoms. The highest BCUT2D eigenvalue weighted by Gasteiger charge is 2.13. The smallest absolute Gasteiger partial charge is 0.0414 e. The molecular formula is C26H54. The van der Waals surface area contributed by atoms with Gasteiger partial charge in [-0.25, -0.2) is 0 Å². The Labute approximate surface area is 168 Å². The molecule has 0 aliphatic carbocycles. The predicted molar refractivity (Wildman–Crippen MR) is 122 cm³/mol. The van der Waals surface area contributed by atoms with Crippen molar-refractivity contribution in [2.75, 3.05) is 0 Å². The molecule has 0 amide bonds. The third-order valence-electron chi connectivity index (χ3n) is 6.08. The van der Waals surface area contributed by atoms with Crippen LogP contribution in [-0.4, -0.2) is 0 Å². The Morgan fingerprint density at radius 3 is 0.731 bits per heavy atom. The van der Waals surface area contributed by atoms with Crippen LogP contribution in [0.4, 0.5) is 0 Å². The van der Waals surface area contributed by atoms with E-state index in [1.165, 1.54) is 77.0 Å². The van der Waals surface area contributed by atoms with Crippen molar-refractivity contribution in [3.05, 3.63) is 0 Å². The van der Waals surface area contributed by atoms with E-state index < -0.39 is 0 Å². The summed E-state index contributed by atoms with van der Waals surface area (Å²) in [4.78, 5) is 0. The second-order valence-corrected chi connectivity index (χ2v) is 10.9. The maximum Gasteiger partial charge on any atom is -0.0414 e. The van der Waals surface area contributed by atoms with Crippen LogP contribution in [0.2, 0.25) is 0 Å². The molecule has 0 radical (unpaired) electrons. The number of rotatable bonds is 17. The number of hydrogen-bond donors (Lipinski definition) is 0. The summed E-state index contributed by atoms with van der Waals surface area (Å²) in [6, 6.07) is 0. The SMILES string of the molecule is CC(C)CCC(CCCCC(CCC(C)C)CCC(C)C)CCC(C)C. The number of hydrogen-bond acceptors (Lipinski definition) is 0. The summed E-state index contributed by atoms with van der Waals surface area (Å²) in [7, 11) is 0. The van der Waals surface area contributed by atoms with Gasteiger partial charge in [-0.2, -0.15) is 0 Å². The predicted octanol–water partition coefficient (Wildman–Crippen LogP) is 9.52. The topological polar surface area (TPSA) is 0 Å². The first-order valence-electron chi connectivity index (χ1n) is 12.2. The molecule has 158 valence electrons. The second-order valence-electron chi connectivity index (χ2n) is 10.9. The summed E-state index contributed by atoms with van der Waals surface area (Å²) in [5, 5.41) is 0. The molecule has 0 saturated carbocycles. The monoisotopic (exact) mass is 366 g/mol. The zero-order valence-electron chi connectivity index (χ0n) is 19.9. The second kappa shape index (κ2) is 16.0. The molecule has 0 rings (SSSR count). The van der Waals surface area contributed by atoms with Gasteiger partial charge in [0.15, 0.2) is 0 Å². The average molecular weight is 367 g/mol. The van der Waals surface area contributed by atoms with Gasteiger partial charge in [0, 0.05) is 0 Å². The maximum atomic E-state index is 2.38. The van der Waals surface area contributed by atoms with E-state index in [1.807, 2.05) is 0 Å². The Morgan fingerprint density at radius 1 is 0.308 bits per heavy atom. The molecule has 26 heavy (non-hydrogen) atoms. The fraction of sp³-hybridized carbons (Fsp3) is 1.00. The fourth-order valence-corrected chi connectivity index (χ4v) is 4.01. The minimum Gasteiger partial charge on any atom is -0.0628 e. The summed E-state index contributed by atoms with van der Waals surface area (Å²) in [6.45, 7) is 19.1. The summed E-state index contributed by atoms with van der Waals surface area (Å²) in [6.07, 6.45) is 17.5. The van der Waals surface area contributed by atoms with Gasteiger partial charge >= 0.3 is 0 Å². The minimum atomic E-state index is 0.869. The molecule has 0 fully saturated rings. The van der Waals surface area contributed by atoms with Crippen molar-refractivity contribution < 1.29 is 0 Å². The van der Waals surface area contributed by atoms with E-state index >= 15 is 0 Å². The highest BCUT2D eigenvalue weighted by molar-refractivity contribution is 4.66. The lowest BCUT2D eigenvalue weighted by Gasteiger charge is -2.21. The molecule has 0 N–H and O–H groups in total. The summed E-state index contributed by atoms with van der Waals surface area (Å²) < 4.78 is 0. The van der Waals surface area contributed by atoms with Crippen molar-refractivity contribution in [2.24, 2.45) is 35.5 Å². The third kappa shape index (κ3) is 17.4. The van der Waals surface area contributed by atoms with Crippen LogP contribution < -0.4 is 0 Å². The quantitative estimate of drug-likeness (QED) is 0.225. The Balaban J connectivity index is 4.21. The average Bonchev–Trinajstić information content (AvgIpc) is 2.54. The summed E-state index contributed by atoms with van der Waals surface area (Å²) in [5.74, 6) is 5.45. The van der Waals surface area contributed by atoms with Gasteiger partial charge < -0.3 is 0 Å². The van der Waals surface area contributed by atoms with Crippen LogP contribution in [0.25, 0.3) is 0 Å². The lowest BCUT2D eigenvalue weighted by molar-refractivity contribution is 0.315. The van der Waals surface area contributed by atoms with Crippen LogP contribution in [-0.2, 0) is 0 Å². The van der Waals surface area contributed by atoms with E-state index in [9.17, 15) is 0 Å². The Hall–Kier alpha value is 0. The van der Waals surface area contributed by atoms with Crippen molar-refractivity contribution >= 4 is 0 Å². The molecule has 0 aliphatic heterocycles. The zero-order chi connectivity index (χ0) is 19.9. The van der Waals surface area contributed by atoms with Gasteiger partial charge in [0.2, 0.25) is 0 Å². The van der Waals surface area contributed by atoms with Crippen molar-refractivity contribution in [1.82, 2.24) is 0 Å². The standard InChI is InChI=1S/C26H54/c1-21(2)13-17-25(18-14-22(3)4)11-9-10-12-26(19-15-23(5)6)20-16-24(7)8/h21-26H,9-20H2,1-8H3. The molecule has 0 aliphatic rings. The normalized spacial score (nSPS) is 12.7. The van der Waals surface area contributed by atoms with Gasteiger partial charge in [0.05, 0.1) is 0 Å². The lowest BCUT2D eigenvalue weighted by atomic mass is 9.85. The van der Waals surface area contributed by atoms with Gasteiger partial charge in [-0.15, -0.1) is 0 Å². The molecule has 0 saturated heterocycles. The van der Waals surface area contributed by atoms with Crippen LogP contribution in [0.3, 0.4) is 0 Å². The molecule has 0 atom stereocenters. The summed E-state index contributed by atoms with van der Waals surface area (Å²) in [5.41, 5.74) is 0. The molecule has 0 unspecified atom stereocenters. The van der Waals surface area contributed by atoms with E-state index in [1.54, 1.807) is 0 Å². The first kappa shape index (κ1) is 26.0.